The van der Waals surface area contributed by atoms with E-state index < -0.39 is 5.60 Å². The van der Waals surface area contributed by atoms with Crippen LogP contribution in [0.2, 0.25) is 0 Å². The minimum absolute atomic E-state index is 0.123. The van der Waals surface area contributed by atoms with Crippen LogP contribution in [0.1, 0.15) is 52.0 Å². The summed E-state index contributed by atoms with van der Waals surface area (Å²) in [6.07, 6.45) is 4.17. The van der Waals surface area contributed by atoms with Crippen LogP contribution >= 0.6 is 0 Å². The molecule has 2 fully saturated rings. The molecule has 1 saturated carbocycles. The van der Waals surface area contributed by atoms with Crippen molar-refractivity contribution in [3.8, 4) is 0 Å². The minimum atomic E-state index is -0.543. The molecule has 0 unspecified atom stereocenters. The van der Waals surface area contributed by atoms with Gasteiger partial charge in [0.25, 0.3) is 0 Å². The maximum absolute atomic E-state index is 12.9. The van der Waals surface area contributed by atoms with Crippen molar-refractivity contribution >= 4 is 11.9 Å². The molecule has 1 saturated heterocycles. The second-order valence-electron chi connectivity index (χ2n) is 8.27. The zero-order chi connectivity index (χ0) is 17.4. The van der Waals surface area contributed by atoms with Crippen LogP contribution in [0, 0.1) is 5.41 Å². The number of ketones is 1. The first-order valence-electron chi connectivity index (χ1n) is 8.84. The molecule has 4 heteroatoms. The van der Waals surface area contributed by atoms with E-state index in [1.807, 2.05) is 51.1 Å². The predicted molar refractivity (Wildman–Crippen MR) is 92.8 cm³/mol. The van der Waals surface area contributed by atoms with Crippen molar-refractivity contribution in [3.05, 3.63) is 35.9 Å². The maximum atomic E-state index is 12.9. The average molecular weight is 329 g/mol. The van der Waals surface area contributed by atoms with Crippen LogP contribution in [0.4, 0.5) is 4.79 Å². The first kappa shape index (κ1) is 17.0. The summed E-state index contributed by atoms with van der Waals surface area (Å²) < 4.78 is 5.53. The van der Waals surface area contributed by atoms with Gasteiger partial charge in [-0.1, -0.05) is 30.3 Å². The molecule has 3 rings (SSSR count). The summed E-state index contributed by atoms with van der Waals surface area (Å²) in [6, 6.07) is 9.41. The molecule has 0 aromatic heterocycles. The first-order valence-corrected chi connectivity index (χ1v) is 8.84. The largest absolute Gasteiger partial charge is 0.444 e. The molecule has 130 valence electrons. The second-order valence-corrected chi connectivity index (χ2v) is 8.27. The van der Waals surface area contributed by atoms with Gasteiger partial charge in [-0.15, -0.1) is 0 Å². The molecule has 2 aliphatic rings. The zero-order valence-electron chi connectivity index (χ0n) is 14.9. The normalized spacial score (nSPS) is 22.3. The van der Waals surface area contributed by atoms with E-state index in [-0.39, 0.29) is 17.9 Å². The molecule has 4 nitrogen and oxygen atoms in total. The number of Topliss-reactive ketones (excluding diaryl/α,β-unsaturated/α-hetero) is 1. The van der Waals surface area contributed by atoms with Gasteiger partial charge in [0, 0.05) is 13.0 Å². The molecule has 0 bridgehead atoms. The smallest absolute Gasteiger partial charge is 0.410 e. The molecule has 1 atom stereocenters. The molecule has 1 aromatic rings. The van der Waals surface area contributed by atoms with Gasteiger partial charge in [-0.2, -0.15) is 0 Å². The van der Waals surface area contributed by atoms with Crippen molar-refractivity contribution in [2.75, 3.05) is 6.54 Å². The van der Waals surface area contributed by atoms with E-state index in [2.05, 4.69) is 0 Å². The number of hydrogen-bond acceptors (Lipinski definition) is 3. The fourth-order valence-corrected chi connectivity index (χ4v) is 3.51. The van der Waals surface area contributed by atoms with E-state index in [0.717, 1.165) is 18.4 Å². The third-order valence-corrected chi connectivity index (χ3v) is 5.06. The fourth-order valence-electron chi connectivity index (χ4n) is 3.51. The number of hydrogen-bond donors (Lipinski definition) is 0. The summed E-state index contributed by atoms with van der Waals surface area (Å²) in [5.74, 6) is 0.123. The molecule has 1 heterocycles. The molecule has 1 aliphatic heterocycles. The van der Waals surface area contributed by atoms with E-state index in [1.54, 1.807) is 4.90 Å². The van der Waals surface area contributed by atoms with Crippen LogP contribution in [0.25, 0.3) is 0 Å². The number of ether oxygens (including phenoxy) is 1. The van der Waals surface area contributed by atoms with Crippen molar-refractivity contribution < 1.29 is 14.3 Å². The van der Waals surface area contributed by atoms with Crippen molar-refractivity contribution in [2.24, 2.45) is 5.41 Å². The Hall–Kier alpha value is -1.84. The summed E-state index contributed by atoms with van der Waals surface area (Å²) in [7, 11) is 0. The van der Waals surface area contributed by atoms with Crippen molar-refractivity contribution in [1.82, 2.24) is 4.90 Å². The maximum Gasteiger partial charge on any atom is 0.410 e. The van der Waals surface area contributed by atoms with Crippen molar-refractivity contribution in [1.29, 1.82) is 0 Å². The summed E-state index contributed by atoms with van der Waals surface area (Å²) in [5, 5.41) is 0. The minimum Gasteiger partial charge on any atom is -0.444 e. The Kier molecular flexibility index (Phi) is 4.41. The lowest BCUT2D eigenvalue weighted by atomic mass is 9.85. The van der Waals surface area contributed by atoms with E-state index >= 15 is 0 Å². The van der Waals surface area contributed by atoms with Crippen LogP contribution in [-0.2, 0) is 16.0 Å². The average Bonchev–Trinajstić information content (AvgIpc) is 3.25. The SMILES string of the molecule is CC(C)(C)OC(=O)N1CCC2(CC2)C[C@@H]1C(=O)Cc1ccccc1. The third kappa shape index (κ3) is 3.97. The van der Waals surface area contributed by atoms with Gasteiger partial charge < -0.3 is 4.74 Å². The molecule has 1 aromatic carbocycles. The number of amides is 1. The molecule has 1 amide bonds. The van der Waals surface area contributed by atoms with Gasteiger partial charge in [0.2, 0.25) is 0 Å². The number of carbonyl (C=O) groups excluding carboxylic acids is 2. The number of likely N-dealkylation sites (tertiary alicyclic amines) is 1. The monoisotopic (exact) mass is 329 g/mol. The standard InChI is InChI=1S/C20H27NO3/c1-19(2,3)24-18(23)21-12-11-20(9-10-20)14-16(21)17(22)13-15-7-5-4-6-8-15/h4-8,16H,9-14H2,1-3H3/t16-/m1/s1. The number of rotatable bonds is 3. The van der Waals surface area contributed by atoms with E-state index in [9.17, 15) is 9.59 Å². The second kappa shape index (κ2) is 6.23. The Labute approximate surface area is 144 Å². The fraction of sp³-hybridized carbons (Fsp3) is 0.600. The molecule has 0 N–H and O–H groups in total. The van der Waals surface area contributed by atoms with Crippen LogP contribution in [0.3, 0.4) is 0 Å². The number of benzene rings is 1. The number of nitrogens with zero attached hydrogens (tertiary/aromatic N) is 1. The van der Waals surface area contributed by atoms with E-state index in [1.165, 1.54) is 12.8 Å². The Morgan fingerprint density at radius 2 is 1.83 bits per heavy atom. The van der Waals surface area contributed by atoms with Gasteiger partial charge in [-0.25, -0.2) is 4.79 Å². The first-order chi connectivity index (χ1) is 11.3. The molecule has 1 spiro atoms. The van der Waals surface area contributed by atoms with E-state index in [4.69, 9.17) is 4.74 Å². The predicted octanol–water partition coefficient (Wildman–Crippen LogP) is 3.98. The Morgan fingerprint density at radius 3 is 2.42 bits per heavy atom. The number of carbonyl (C=O) groups is 2. The van der Waals surface area contributed by atoms with Crippen molar-refractivity contribution in [3.63, 3.8) is 0 Å². The Bertz CT molecular complexity index is 614. The highest BCUT2D eigenvalue weighted by Crippen LogP contribution is 2.55. The van der Waals surface area contributed by atoms with Crippen LogP contribution in [0.15, 0.2) is 30.3 Å². The molecule has 24 heavy (non-hydrogen) atoms. The van der Waals surface area contributed by atoms with Gasteiger partial charge in [-0.3, -0.25) is 9.69 Å². The number of piperidine rings is 1. The highest BCUT2D eigenvalue weighted by molar-refractivity contribution is 5.89. The Balaban J connectivity index is 1.74. The summed E-state index contributed by atoms with van der Waals surface area (Å²) in [5.41, 5.74) is 0.760. The zero-order valence-corrected chi connectivity index (χ0v) is 14.9. The molecule has 0 radical (unpaired) electrons. The van der Waals surface area contributed by atoms with Gasteiger partial charge >= 0.3 is 6.09 Å². The Morgan fingerprint density at radius 1 is 1.17 bits per heavy atom. The van der Waals surface area contributed by atoms with Crippen LogP contribution < -0.4 is 0 Å². The lowest BCUT2D eigenvalue weighted by molar-refractivity contribution is -0.125. The highest BCUT2D eigenvalue weighted by atomic mass is 16.6. The molecular weight excluding hydrogens is 302 g/mol. The quantitative estimate of drug-likeness (QED) is 0.843. The van der Waals surface area contributed by atoms with Gasteiger partial charge in [0.1, 0.15) is 5.60 Å². The topological polar surface area (TPSA) is 46.6 Å². The van der Waals surface area contributed by atoms with Gasteiger partial charge in [0.15, 0.2) is 5.78 Å². The molecule has 1 aliphatic carbocycles. The lowest BCUT2D eigenvalue weighted by Crippen LogP contribution is -2.52. The van der Waals surface area contributed by atoms with E-state index in [0.29, 0.717) is 18.4 Å². The van der Waals surface area contributed by atoms with Crippen LogP contribution in [0.5, 0.6) is 0 Å². The summed E-state index contributed by atoms with van der Waals surface area (Å²) in [6.45, 7) is 6.20. The van der Waals surface area contributed by atoms with Gasteiger partial charge in [-0.05, 0) is 57.4 Å². The summed E-state index contributed by atoms with van der Waals surface area (Å²) in [4.78, 5) is 27.1. The van der Waals surface area contributed by atoms with Crippen molar-refractivity contribution in [2.45, 2.75) is 64.5 Å². The van der Waals surface area contributed by atoms with Gasteiger partial charge in [0.05, 0.1) is 6.04 Å². The molecular formula is C20H27NO3. The van der Waals surface area contributed by atoms with Crippen LogP contribution in [-0.4, -0.2) is 35.0 Å². The lowest BCUT2D eigenvalue weighted by Gasteiger charge is -2.39. The third-order valence-electron chi connectivity index (χ3n) is 5.06. The highest BCUT2D eigenvalue weighted by Gasteiger charge is 2.51. The summed E-state index contributed by atoms with van der Waals surface area (Å²) >= 11 is 0.